The van der Waals surface area contributed by atoms with E-state index in [4.69, 9.17) is 5.73 Å². The lowest BCUT2D eigenvalue weighted by Crippen LogP contribution is -2.33. The van der Waals surface area contributed by atoms with Gasteiger partial charge in [-0.25, -0.2) is 13.1 Å². The van der Waals surface area contributed by atoms with E-state index in [1.165, 1.54) is 12.8 Å². The fraction of sp³-hybridized carbons (Fsp3) is 0.538. The van der Waals surface area contributed by atoms with Gasteiger partial charge in [-0.15, -0.1) is 0 Å². The summed E-state index contributed by atoms with van der Waals surface area (Å²) < 4.78 is 27.0. The van der Waals surface area contributed by atoms with Crippen LogP contribution in [0.4, 0.5) is 5.69 Å². The molecule has 19 heavy (non-hydrogen) atoms. The van der Waals surface area contributed by atoms with Gasteiger partial charge in [-0.05, 0) is 56.6 Å². The molecule has 0 radical (unpaired) electrons. The number of nitrogens with two attached hydrogens (primary N) is 1. The Bertz CT molecular complexity index is 537. The summed E-state index contributed by atoms with van der Waals surface area (Å²) in [5, 5.41) is 0. The first kappa shape index (κ1) is 14.3. The summed E-state index contributed by atoms with van der Waals surface area (Å²) in [6.07, 6.45) is 2.42. The molecule has 1 saturated heterocycles. The second-order valence-corrected chi connectivity index (χ2v) is 6.71. The number of nitrogens with one attached hydrogen (secondary N) is 1. The van der Waals surface area contributed by atoms with E-state index < -0.39 is 10.0 Å². The number of anilines is 1. The van der Waals surface area contributed by atoms with Crippen LogP contribution in [0.1, 0.15) is 18.4 Å². The molecular formula is C13H21N3O2S. The minimum Gasteiger partial charge on any atom is -0.399 e. The Morgan fingerprint density at radius 1 is 1.32 bits per heavy atom. The molecular weight excluding hydrogens is 262 g/mol. The Hall–Kier alpha value is -1.11. The highest BCUT2D eigenvalue weighted by molar-refractivity contribution is 7.89. The molecule has 106 valence electrons. The van der Waals surface area contributed by atoms with Crippen LogP contribution in [0, 0.1) is 6.92 Å². The Morgan fingerprint density at radius 3 is 2.63 bits per heavy atom. The van der Waals surface area contributed by atoms with Crippen molar-refractivity contribution < 1.29 is 8.42 Å². The van der Waals surface area contributed by atoms with E-state index in [0.717, 1.165) is 19.6 Å². The molecule has 0 bridgehead atoms. The first-order chi connectivity index (χ1) is 8.99. The summed E-state index contributed by atoms with van der Waals surface area (Å²) >= 11 is 0. The van der Waals surface area contributed by atoms with Crippen molar-refractivity contribution in [2.24, 2.45) is 0 Å². The number of likely N-dealkylation sites (tertiary alicyclic amines) is 1. The van der Waals surface area contributed by atoms with E-state index in [0.29, 0.717) is 22.7 Å². The molecule has 0 aromatic heterocycles. The van der Waals surface area contributed by atoms with Crippen molar-refractivity contribution in [3.8, 4) is 0 Å². The molecule has 0 spiro atoms. The van der Waals surface area contributed by atoms with Gasteiger partial charge in [0, 0.05) is 18.8 Å². The minimum atomic E-state index is -3.43. The van der Waals surface area contributed by atoms with Gasteiger partial charge in [0.25, 0.3) is 0 Å². The van der Waals surface area contributed by atoms with Crippen molar-refractivity contribution in [2.75, 3.05) is 31.9 Å². The van der Waals surface area contributed by atoms with Gasteiger partial charge in [0.05, 0.1) is 4.90 Å². The van der Waals surface area contributed by atoms with Crippen molar-refractivity contribution in [1.82, 2.24) is 9.62 Å². The van der Waals surface area contributed by atoms with Crippen LogP contribution < -0.4 is 10.5 Å². The number of rotatable bonds is 5. The van der Waals surface area contributed by atoms with Crippen molar-refractivity contribution >= 4 is 15.7 Å². The number of aryl methyl sites for hydroxylation is 1. The molecule has 1 aliphatic heterocycles. The van der Waals surface area contributed by atoms with Crippen molar-refractivity contribution in [2.45, 2.75) is 24.7 Å². The Morgan fingerprint density at radius 2 is 2.00 bits per heavy atom. The van der Waals surface area contributed by atoms with Crippen LogP contribution in [0.3, 0.4) is 0 Å². The molecule has 0 aliphatic carbocycles. The van der Waals surface area contributed by atoms with Crippen LogP contribution in [0.5, 0.6) is 0 Å². The van der Waals surface area contributed by atoms with Crippen LogP contribution in [-0.2, 0) is 10.0 Å². The summed E-state index contributed by atoms with van der Waals surface area (Å²) in [7, 11) is -3.43. The van der Waals surface area contributed by atoms with Gasteiger partial charge in [0.1, 0.15) is 0 Å². The average Bonchev–Trinajstić information content (AvgIpc) is 2.81. The number of nitrogen functional groups attached to an aromatic ring is 1. The molecule has 1 aromatic carbocycles. The third-order valence-electron chi connectivity index (χ3n) is 3.41. The fourth-order valence-electron chi connectivity index (χ4n) is 2.40. The van der Waals surface area contributed by atoms with Crippen molar-refractivity contribution in [3.05, 3.63) is 23.8 Å². The average molecular weight is 283 g/mol. The highest BCUT2D eigenvalue weighted by atomic mass is 32.2. The first-order valence-corrected chi connectivity index (χ1v) is 8.05. The smallest absolute Gasteiger partial charge is 0.240 e. The highest BCUT2D eigenvalue weighted by Crippen LogP contribution is 2.17. The molecule has 2 rings (SSSR count). The molecule has 0 atom stereocenters. The molecule has 1 aromatic rings. The maximum absolute atomic E-state index is 12.2. The van der Waals surface area contributed by atoms with Crippen LogP contribution in [0.25, 0.3) is 0 Å². The van der Waals surface area contributed by atoms with Crippen molar-refractivity contribution in [3.63, 3.8) is 0 Å². The quantitative estimate of drug-likeness (QED) is 0.789. The van der Waals surface area contributed by atoms with Crippen LogP contribution in [0.15, 0.2) is 23.1 Å². The first-order valence-electron chi connectivity index (χ1n) is 6.57. The van der Waals surface area contributed by atoms with E-state index in [1.807, 2.05) is 0 Å². The van der Waals surface area contributed by atoms with Gasteiger partial charge < -0.3 is 10.6 Å². The highest BCUT2D eigenvalue weighted by Gasteiger charge is 2.17. The third-order valence-corrected chi connectivity index (χ3v) is 5.03. The lowest BCUT2D eigenvalue weighted by Gasteiger charge is -2.15. The van der Waals surface area contributed by atoms with E-state index in [-0.39, 0.29) is 0 Å². The molecule has 0 unspecified atom stereocenters. The molecule has 1 heterocycles. The SMILES string of the molecule is Cc1cc(N)ccc1S(=O)(=O)NCCN1CCCC1. The molecule has 0 amide bonds. The maximum atomic E-state index is 12.2. The van der Waals surface area contributed by atoms with Crippen molar-refractivity contribution in [1.29, 1.82) is 0 Å². The summed E-state index contributed by atoms with van der Waals surface area (Å²) in [6.45, 7) is 5.12. The number of hydrogen-bond acceptors (Lipinski definition) is 4. The number of nitrogens with zero attached hydrogens (tertiary/aromatic N) is 1. The lowest BCUT2D eigenvalue weighted by atomic mass is 10.2. The predicted octanol–water partition coefficient (Wildman–Crippen LogP) is 0.951. The summed E-state index contributed by atoms with van der Waals surface area (Å²) in [5.74, 6) is 0. The van der Waals surface area contributed by atoms with E-state index in [9.17, 15) is 8.42 Å². The Kier molecular flexibility index (Phi) is 4.44. The minimum absolute atomic E-state index is 0.308. The van der Waals surface area contributed by atoms with E-state index in [2.05, 4.69) is 9.62 Å². The monoisotopic (exact) mass is 283 g/mol. The molecule has 1 fully saturated rings. The van der Waals surface area contributed by atoms with Gasteiger partial charge in [-0.2, -0.15) is 0 Å². The van der Waals surface area contributed by atoms with E-state index in [1.54, 1.807) is 25.1 Å². The molecule has 1 aliphatic rings. The second-order valence-electron chi connectivity index (χ2n) is 4.97. The van der Waals surface area contributed by atoms with E-state index >= 15 is 0 Å². The zero-order valence-corrected chi connectivity index (χ0v) is 12.0. The normalized spacial score (nSPS) is 16.9. The number of sulfonamides is 1. The lowest BCUT2D eigenvalue weighted by molar-refractivity contribution is 0.344. The summed E-state index contributed by atoms with van der Waals surface area (Å²) in [4.78, 5) is 2.58. The van der Waals surface area contributed by atoms with Crippen LogP contribution >= 0.6 is 0 Å². The Labute approximate surface area is 114 Å². The zero-order chi connectivity index (χ0) is 13.9. The second kappa shape index (κ2) is 5.90. The van der Waals surface area contributed by atoms with Crippen LogP contribution in [-0.4, -0.2) is 39.5 Å². The van der Waals surface area contributed by atoms with Gasteiger partial charge in [0.2, 0.25) is 10.0 Å². The summed E-state index contributed by atoms with van der Waals surface area (Å²) in [6, 6.07) is 4.85. The van der Waals surface area contributed by atoms with Gasteiger partial charge in [-0.3, -0.25) is 0 Å². The van der Waals surface area contributed by atoms with Gasteiger partial charge >= 0.3 is 0 Å². The molecule has 3 N–H and O–H groups in total. The van der Waals surface area contributed by atoms with Crippen LogP contribution in [0.2, 0.25) is 0 Å². The van der Waals surface area contributed by atoms with Gasteiger partial charge in [0.15, 0.2) is 0 Å². The molecule has 5 nitrogen and oxygen atoms in total. The third kappa shape index (κ3) is 3.68. The zero-order valence-electron chi connectivity index (χ0n) is 11.2. The molecule has 0 saturated carbocycles. The topological polar surface area (TPSA) is 75.4 Å². The largest absolute Gasteiger partial charge is 0.399 e. The van der Waals surface area contributed by atoms with Gasteiger partial charge in [-0.1, -0.05) is 0 Å². The fourth-order valence-corrected chi connectivity index (χ4v) is 3.64. The number of hydrogen-bond donors (Lipinski definition) is 2. The summed E-state index contributed by atoms with van der Waals surface area (Å²) in [5.41, 5.74) is 6.88. The molecule has 6 heteroatoms. The maximum Gasteiger partial charge on any atom is 0.240 e. The number of benzene rings is 1. The predicted molar refractivity (Wildman–Crippen MR) is 76.5 cm³/mol. The standard InChI is InChI=1S/C13H21N3O2S/c1-11-10-12(14)4-5-13(11)19(17,18)15-6-9-16-7-2-3-8-16/h4-5,10,15H,2-3,6-9,14H2,1H3. The Balaban J connectivity index is 1.97.